The number of nitrogens with zero attached hydrogens (tertiary/aromatic N) is 1. The van der Waals surface area contributed by atoms with Crippen LogP contribution in [0.15, 0.2) is 61.7 Å². The maximum Gasteiger partial charge on any atom is 0.304 e. The number of nitrogens with two attached hydrogens (primary N) is 1. The van der Waals surface area contributed by atoms with Gasteiger partial charge in [-0.25, -0.2) is 0 Å². The van der Waals surface area contributed by atoms with Crippen LogP contribution in [-0.4, -0.2) is 50.5 Å². The van der Waals surface area contributed by atoms with Crippen molar-refractivity contribution in [3.63, 3.8) is 0 Å². The molecule has 43 heavy (non-hydrogen) atoms. The first-order valence-corrected chi connectivity index (χ1v) is 17.2. The van der Waals surface area contributed by atoms with E-state index in [2.05, 4.69) is 13.2 Å². The average molecular weight is 628 g/mol. The fourth-order valence-corrected chi connectivity index (χ4v) is 10.5. The summed E-state index contributed by atoms with van der Waals surface area (Å²) in [6.07, 6.45) is 7.14. The van der Waals surface area contributed by atoms with Crippen molar-refractivity contribution in [3.8, 4) is 5.75 Å². The number of benzene rings is 2. The number of hydrogen-bond donors (Lipinski definition) is 2. The summed E-state index contributed by atoms with van der Waals surface area (Å²) in [6, 6.07) is 10.8. The van der Waals surface area contributed by atoms with E-state index in [-0.39, 0.29) is 40.3 Å². The normalized spacial score (nSPS) is 28.7. The van der Waals surface area contributed by atoms with Gasteiger partial charge in [0.15, 0.2) is 11.4 Å². The van der Waals surface area contributed by atoms with E-state index in [0.717, 1.165) is 43.2 Å². The molecule has 1 fully saturated rings. The third kappa shape index (κ3) is 5.45. The highest BCUT2D eigenvalue weighted by Crippen LogP contribution is 2.52. The molecule has 1 unspecified atom stereocenters. The molecular weight excluding hydrogens is 584 g/mol. The predicted octanol–water partition coefficient (Wildman–Crippen LogP) is 5.92. The molecule has 232 valence electrons. The highest BCUT2D eigenvalue weighted by atomic mass is 35.5. The zero-order valence-corrected chi connectivity index (χ0v) is 26.7. The first kappa shape index (κ1) is 31.8. The van der Waals surface area contributed by atoms with Gasteiger partial charge < -0.3 is 15.6 Å². The maximum atomic E-state index is 15.4. The van der Waals surface area contributed by atoms with Crippen LogP contribution in [0.2, 0.25) is 5.02 Å². The lowest BCUT2D eigenvalue weighted by atomic mass is 9.68. The predicted molar refractivity (Wildman–Crippen MR) is 173 cm³/mol. The zero-order valence-electron chi connectivity index (χ0n) is 25.2. The first-order valence-electron chi connectivity index (χ1n) is 15.3. The number of aliphatic hydroxyl groups excluding tert-OH is 1. The molecule has 7 atom stereocenters. The van der Waals surface area contributed by atoms with E-state index in [4.69, 9.17) is 22.1 Å². The molecule has 2 aliphatic carbocycles. The highest BCUT2D eigenvalue weighted by molar-refractivity contribution is 7.91. The second-order valence-corrected chi connectivity index (χ2v) is 15.9. The molecule has 1 aliphatic heterocycles. The lowest BCUT2D eigenvalue weighted by molar-refractivity contribution is 0.0317. The van der Waals surface area contributed by atoms with Crippen molar-refractivity contribution in [1.29, 1.82) is 0 Å². The molecule has 0 radical (unpaired) electrons. The maximum absolute atomic E-state index is 15.4. The summed E-state index contributed by atoms with van der Waals surface area (Å²) in [5.74, 6) is -0.585. The van der Waals surface area contributed by atoms with E-state index in [1.807, 2.05) is 25.1 Å². The Labute approximate surface area is 261 Å². The van der Waals surface area contributed by atoms with Crippen LogP contribution in [0.1, 0.15) is 67.4 Å². The molecule has 1 amide bonds. The highest BCUT2D eigenvalue weighted by Gasteiger charge is 2.59. The largest absolute Gasteiger partial charge is 0.486 e. The van der Waals surface area contributed by atoms with Crippen LogP contribution < -0.4 is 14.4 Å². The van der Waals surface area contributed by atoms with Crippen molar-refractivity contribution >= 4 is 33.2 Å². The van der Waals surface area contributed by atoms with E-state index >= 15 is 8.42 Å². The summed E-state index contributed by atoms with van der Waals surface area (Å²) in [4.78, 5) is 12.5. The number of sulfonamides is 1. The Hall–Kier alpha value is -2.65. The fourth-order valence-electron chi connectivity index (χ4n) is 7.68. The molecule has 1 heterocycles. The molecule has 9 heteroatoms. The van der Waals surface area contributed by atoms with Gasteiger partial charge in [-0.15, -0.1) is 13.2 Å². The lowest BCUT2D eigenvalue weighted by Gasteiger charge is -2.49. The van der Waals surface area contributed by atoms with E-state index in [1.54, 1.807) is 31.2 Å². The van der Waals surface area contributed by atoms with Gasteiger partial charge in [-0.05, 0) is 92.7 Å². The smallest absolute Gasteiger partial charge is 0.304 e. The molecule has 7 nitrogen and oxygen atoms in total. The standard InChI is InChI=1S/C34H43ClN2O5S/c1-5-8-22(3)23(4)43(40,41)37(19-26-10-13-28(26)31(38)6-2)20-34(16-7-9-24-17-27(35)12-14-29(24)34)21-42-32-15-11-25(33(36)39)18-30(32)37/h5-6,11-12,14-15,17-18,22-23,26,28,31,38H,1-2,7-10,13,16,19-21H2,3-4H3,(H-,36,39)/p+1/t22-,23-,26+,28-,31+,34?,37+/m1/s1. The van der Waals surface area contributed by atoms with Crippen LogP contribution in [-0.2, 0) is 21.9 Å². The molecular formula is C34H44ClN2O5S+. The van der Waals surface area contributed by atoms with Gasteiger partial charge >= 0.3 is 10.0 Å². The number of aliphatic hydroxyl groups is 1. The Bertz CT molecular complexity index is 1530. The van der Waals surface area contributed by atoms with Crippen LogP contribution >= 0.6 is 11.6 Å². The third-order valence-electron chi connectivity index (χ3n) is 10.5. The number of amides is 1. The Morgan fingerprint density at radius 3 is 2.65 bits per heavy atom. The molecule has 5 rings (SSSR count). The lowest BCUT2D eigenvalue weighted by Crippen LogP contribution is -2.66. The van der Waals surface area contributed by atoms with E-state index in [1.165, 1.54) is 6.08 Å². The number of fused-ring (bicyclic) bond motifs is 3. The summed E-state index contributed by atoms with van der Waals surface area (Å²) < 4.78 is 37.0. The molecule has 0 bridgehead atoms. The minimum absolute atomic E-state index is 0.0850. The summed E-state index contributed by atoms with van der Waals surface area (Å²) in [5.41, 5.74) is 7.97. The van der Waals surface area contributed by atoms with Crippen LogP contribution in [0, 0.1) is 17.8 Å². The molecule has 0 saturated heterocycles. The number of carbonyl (C=O) groups excluding carboxylic acids is 1. The van der Waals surface area contributed by atoms with Gasteiger partial charge in [0, 0.05) is 22.6 Å². The van der Waals surface area contributed by atoms with Crippen LogP contribution in [0.5, 0.6) is 5.75 Å². The number of ether oxygens (including phenoxy) is 1. The van der Waals surface area contributed by atoms with Crippen molar-refractivity contribution in [2.75, 3.05) is 19.7 Å². The molecule has 1 spiro atoms. The van der Waals surface area contributed by atoms with Crippen molar-refractivity contribution in [2.24, 2.45) is 23.5 Å². The Kier molecular flexibility index (Phi) is 8.89. The quantitative estimate of drug-likeness (QED) is 0.251. The number of hydrogen-bond acceptors (Lipinski definition) is 5. The van der Waals surface area contributed by atoms with Gasteiger partial charge in [0.2, 0.25) is 5.91 Å². The number of allylic oxidation sites excluding steroid dienone is 1. The van der Waals surface area contributed by atoms with Crippen LogP contribution in [0.3, 0.4) is 0 Å². The number of carbonyl (C=O) groups is 1. The minimum atomic E-state index is -4.01. The Morgan fingerprint density at radius 1 is 1.23 bits per heavy atom. The van der Waals surface area contributed by atoms with E-state index < -0.39 is 32.7 Å². The van der Waals surface area contributed by atoms with Gasteiger partial charge in [0.1, 0.15) is 24.9 Å². The Morgan fingerprint density at radius 2 is 2.00 bits per heavy atom. The van der Waals surface area contributed by atoms with Gasteiger partial charge in [0.05, 0.1) is 11.5 Å². The number of halogens is 1. The first-order chi connectivity index (χ1) is 20.4. The number of quaternary nitrogens is 1. The minimum Gasteiger partial charge on any atom is -0.486 e. The molecule has 3 N–H and O–H groups in total. The molecule has 3 aliphatic rings. The average Bonchev–Trinajstić information content (AvgIpc) is 3.10. The second kappa shape index (κ2) is 12.0. The van der Waals surface area contributed by atoms with E-state index in [0.29, 0.717) is 29.5 Å². The van der Waals surface area contributed by atoms with Crippen LogP contribution in [0.4, 0.5) is 5.69 Å². The third-order valence-corrected chi connectivity index (χ3v) is 13.6. The fraction of sp³-hybridized carbons (Fsp3) is 0.500. The monoisotopic (exact) mass is 627 g/mol. The van der Waals surface area contributed by atoms with Crippen LogP contribution in [0.25, 0.3) is 0 Å². The summed E-state index contributed by atoms with van der Waals surface area (Å²) in [7, 11) is -4.01. The van der Waals surface area contributed by atoms with Gasteiger partial charge in [-0.1, -0.05) is 36.7 Å². The zero-order chi connectivity index (χ0) is 31.2. The number of primary amides is 1. The molecule has 2 aromatic rings. The summed E-state index contributed by atoms with van der Waals surface area (Å²) in [5, 5.41) is 10.7. The van der Waals surface area contributed by atoms with Crippen molar-refractivity contribution < 1.29 is 23.1 Å². The SMILES string of the molecule is C=CC[C@@H](C)[C@@H](C)S(=O)(=O)[N@@+]1(C[C@@H]2CC[C@H]2[C@@H](O)C=C)CC2(CCCc3cc(Cl)ccc32)COc2ccc(C(N)=O)cc21. The van der Waals surface area contributed by atoms with Gasteiger partial charge in [-0.3, -0.25) is 4.79 Å². The van der Waals surface area contributed by atoms with Gasteiger partial charge in [-0.2, -0.15) is 12.3 Å². The molecule has 0 aromatic heterocycles. The summed E-state index contributed by atoms with van der Waals surface area (Å²) in [6.45, 7) is 12.2. The molecule has 1 saturated carbocycles. The van der Waals surface area contributed by atoms with Crippen molar-refractivity contribution in [1.82, 2.24) is 3.89 Å². The second-order valence-electron chi connectivity index (χ2n) is 13.0. The van der Waals surface area contributed by atoms with Crippen molar-refractivity contribution in [3.05, 3.63) is 83.4 Å². The number of rotatable bonds is 10. The number of aryl methyl sites for hydroxylation is 1. The van der Waals surface area contributed by atoms with Crippen molar-refractivity contribution in [2.45, 2.75) is 69.1 Å². The molecule has 2 aromatic carbocycles. The topological polar surface area (TPSA) is 107 Å². The summed E-state index contributed by atoms with van der Waals surface area (Å²) >= 11 is 6.43. The Balaban J connectivity index is 1.80. The van der Waals surface area contributed by atoms with Gasteiger partial charge in [0.25, 0.3) is 0 Å². The van der Waals surface area contributed by atoms with E-state index in [9.17, 15) is 9.90 Å².